The smallest absolute Gasteiger partial charge is 0.270 e. The minimum absolute atomic E-state index is 0.00385. The van der Waals surface area contributed by atoms with Crippen molar-refractivity contribution in [3.8, 4) is 11.5 Å². The van der Waals surface area contributed by atoms with Crippen LogP contribution in [0.1, 0.15) is 42.4 Å². The minimum Gasteiger partial charge on any atom is -0.486 e. The average molecular weight is 445 g/mol. The topological polar surface area (TPSA) is 99.0 Å². The number of hydrogen-bond acceptors (Lipinski definition) is 6. The third kappa shape index (κ3) is 3.27. The van der Waals surface area contributed by atoms with Crippen LogP contribution in [0.3, 0.4) is 0 Å². The van der Waals surface area contributed by atoms with E-state index in [2.05, 4.69) is 0 Å². The van der Waals surface area contributed by atoms with E-state index in [1.807, 2.05) is 12.1 Å². The third-order valence-corrected chi connectivity index (χ3v) is 8.66. The maximum Gasteiger partial charge on any atom is 0.270 e. The molecular formula is C22H24N2O6S. The first kappa shape index (κ1) is 20.3. The summed E-state index contributed by atoms with van der Waals surface area (Å²) in [6.07, 6.45) is 3.88. The van der Waals surface area contributed by atoms with Crippen LogP contribution in [-0.2, 0) is 22.0 Å². The van der Waals surface area contributed by atoms with Crippen molar-refractivity contribution in [2.24, 2.45) is 0 Å². The van der Waals surface area contributed by atoms with Gasteiger partial charge in [0.05, 0.1) is 9.82 Å². The van der Waals surface area contributed by atoms with Gasteiger partial charge in [-0.2, -0.15) is 4.31 Å². The van der Waals surface area contributed by atoms with Crippen LogP contribution in [0.4, 0.5) is 5.69 Å². The van der Waals surface area contributed by atoms with Crippen molar-refractivity contribution in [1.29, 1.82) is 0 Å². The van der Waals surface area contributed by atoms with E-state index in [-0.39, 0.29) is 22.5 Å². The molecule has 0 bridgehead atoms. The summed E-state index contributed by atoms with van der Waals surface area (Å²) >= 11 is 0. The van der Waals surface area contributed by atoms with E-state index in [0.29, 0.717) is 31.1 Å². The van der Waals surface area contributed by atoms with Gasteiger partial charge in [-0.3, -0.25) is 10.1 Å². The first-order valence-electron chi connectivity index (χ1n) is 10.5. The Morgan fingerprint density at radius 2 is 1.74 bits per heavy atom. The zero-order chi connectivity index (χ0) is 21.8. The standard InChI is InChI=1S/C22H24N2O6S/c1-15-4-5-17(24(25)26)11-21(15)31(27,28)23-13-16-10-19-20(30-9-8-29-19)12-18(16)22(14-23)6-2-3-7-22/h4-5,10-12H,2-3,6-9,13-14H2,1H3. The van der Waals surface area contributed by atoms with E-state index in [0.717, 1.165) is 42.6 Å². The van der Waals surface area contributed by atoms with E-state index < -0.39 is 14.9 Å². The summed E-state index contributed by atoms with van der Waals surface area (Å²) in [5, 5.41) is 11.2. The number of fused-ring (bicyclic) bond motifs is 3. The molecule has 0 atom stereocenters. The Labute approximate surface area is 181 Å². The number of sulfonamides is 1. The molecule has 164 valence electrons. The molecule has 1 saturated carbocycles. The maximum absolute atomic E-state index is 13.7. The summed E-state index contributed by atoms with van der Waals surface area (Å²) in [4.78, 5) is 10.7. The number of nitro groups is 1. The highest BCUT2D eigenvalue weighted by Crippen LogP contribution is 2.50. The molecule has 1 spiro atoms. The lowest BCUT2D eigenvalue weighted by Crippen LogP contribution is -2.46. The van der Waals surface area contributed by atoms with E-state index in [1.54, 1.807) is 6.92 Å². The fraction of sp³-hybridized carbons (Fsp3) is 0.455. The molecule has 2 heterocycles. The molecule has 2 aliphatic heterocycles. The van der Waals surface area contributed by atoms with Crippen LogP contribution in [0.2, 0.25) is 0 Å². The Morgan fingerprint density at radius 3 is 2.42 bits per heavy atom. The van der Waals surface area contributed by atoms with Gasteiger partial charge in [-0.1, -0.05) is 18.9 Å². The predicted octanol–water partition coefficient (Wildman–Crippen LogP) is 3.69. The Kier molecular flexibility index (Phi) is 4.71. The summed E-state index contributed by atoms with van der Waals surface area (Å²) in [7, 11) is -3.92. The molecule has 2 aromatic carbocycles. The molecule has 0 radical (unpaired) electrons. The van der Waals surface area contributed by atoms with Gasteiger partial charge in [-0.15, -0.1) is 0 Å². The van der Waals surface area contributed by atoms with Crippen molar-refractivity contribution >= 4 is 15.7 Å². The van der Waals surface area contributed by atoms with Crippen LogP contribution in [0.25, 0.3) is 0 Å². The second-order valence-electron chi connectivity index (χ2n) is 8.62. The Morgan fingerprint density at radius 1 is 1.06 bits per heavy atom. The second-order valence-corrected chi connectivity index (χ2v) is 10.5. The molecule has 5 rings (SSSR count). The molecule has 2 aromatic rings. The average Bonchev–Trinajstić information content (AvgIpc) is 3.21. The molecule has 8 nitrogen and oxygen atoms in total. The molecule has 0 unspecified atom stereocenters. The number of non-ortho nitro benzene ring substituents is 1. The molecule has 3 aliphatic rings. The van der Waals surface area contributed by atoms with Gasteiger partial charge in [0.1, 0.15) is 13.2 Å². The Bertz CT molecular complexity index is 1170. The number of benzene rings is 2. The highest BCUT2D eigenvalue weighted by molar-refractivity contribution is 7.89. The van der Waals surface area contributed by atoms with Crippen LogP contribution in [0, 0.1) is 17.0 Å². The summed E-state index contributed by atoms with van der Waals surface area (Å²) in [6.45, 7) is 3.21. The Hall–Kier alpha value is -2.65. The summed E-state index contributed by atoms with van der Waals surface area (Å²) in [5.74, 6) is 1.37. The first-order valence-corrected chi connectivity index (χ1v) is 11.9. The third-order valence-electron chi connectivity index (χ3n) is 6.73. The fourth-order valence-corrected chi connectivity index (χ4v) is 6.94. The first-order chi connectivity index (χ1) is 14.8. The van der Waals surface area contributed by atoms with Crippen LogP contribution in [0.15, 0.2) is 35.2 Å². The highest BCUT2D eigenvalue weighted by Gasteiger charge is 2.46. The highest BCUT2D eigenvalue weighted by atomic mass is 32.2. The van der Waals surface area contributed by atoms with Crippen molar-refractivity contribution in [2.75, 3.05) is 19.8 Å². The second kappa shape index (κ2) is 7.20. The van der Waals surface area contributed by atoms with Crippen LogP contribution in [-0.4, -0.2) is 37.4 Å². The van der Waals surface area contributed by atoms with E-state index in [1.165, 1.54) is 22.5 Å². The summed E-state index contributed by atoms with van der Waals surface area (Å²) in [5.41, 5.74) is 2.07. The van der Waals surface area contributed by atoms with Gasteiger partial charge in [0.25, 0.3) is 5.69 Å². The normalized spacial score (nSPS) is 19.9. The fourth-order valence-electron chi connectivity index (χ4n) is 5.19. The van der Waals surface area contributed by atoms with Crippen molar-refractivity contribution < 1.29 is 22.8 Å². The number of nitro benzene ring substituents is 1. The molecule has 1 aliphatic carbocycles. The monoisotopic (exact) mass is 444 g/mol. The molecule has 0 saturated heterocycles. The van der Waals surface area contributed by atoms with Crippen molar-refractivity contribution in [3.63, 3.8) is 0 Å². The summed E-state index contributed by atoms with van der Waals surface area (Å²) in [6, 6.07) is 7.95. The Balaban J connectivity index is 1.61. The quantitative estimate of drug-likeness (QED) is 0.529. The van der Waals surface area contributed by atoms with Gasteiger partial charge in [0.15, 0.2) is 11.5 Å². The van der Waals surface area contributed by atoms with Gasteiger partial charge in [0, 0.05) is 30.6 Å². The zero-order valence-corrected chi connectivity index (χ0v) is 18.1. The molecule has 0 amide bonds. The van der Waals surface area contributed by atoms with Gasteiger partial charge >= 0.3 is 0 Å². The molecule has 0 aromatic heterocycles. The van der Waals surface area contributed by atoms with E-state index in [9.17, 15) is 18.5 Å². The van der Waals surface area contributed by atoms with Crippen molar-refractivity contribution in [1.82, 2.24) is 4.31 Å². The molecule has 1 fully saturated rings. The molecule has 9 heteroatoms. The molecule has 31 heavy (non-hydrogen) atoms. The van der Waals surface area contributed by atoms with Gasteiger partial charge < -0.3 is 9.47 Å². The summed E-state index contributed by atoms with van der Waals surface area (Å²) < 4.78 is 40.4. The van der Waals surface area contributed by atoms with Crippen molar-refractivity contribution in [3.05, 3.63) is 57.1 Å². The SMILES string of the molecule is Cc1ccc([N+](=O)[O-])cc1S(=O)(=O)N1Cc2cc3c(cc2C2(CCCC2)C1)OCCO3. The van der Waals surface area contributed by atoms with Gasteiger partial charge in [0.2, 0.25) is 10.0 Å². The van der Waals surface area contributed by atoms with Gasteiger partial charge in [-0.25, -0.2) is 8.42 Å². The lowest BCUT2D eigenvalue weighted by atomic mass is 9.74. The van der Waals surface area contributed by atoms with Gasteiger partial charge in [-0.05, 0) is 48.6 Å². The lowest BCUT2D eigenvalue weighted by molar-refractivity contribution is -0.385. The number of nitrogens with zero attached hydrogens (tertiary/aromatic N) is 2. The number of rotatable bonds is 3. The minimum atomic E-state index is -3.92. The van der Waals surface area contributed by atoms with E-state index >= 15 is 0 Å². The van der Waals surface area contributed by atoms with E-state index in [4.69, 9.17) is 9.47 Å². The number of hydrogen-bond donors (Lipinski definition) is 0. The van der Waals surface area contributed by atoms with Crippen LogP contribution < -0.4 is 9.47 Å². The zero-order valence-electron chi connectivity index (χ0n) is 17.3. The largest absolute Gasteiger partial charge is 0.486 e. The number of ether oxygens (including phenoxy) is 2. The van der Waals surface area contributed by atoms with Crippen LogP contribution in [0.5, 0.6) is 11.5 Å². The lowest BCUT2D eigenvalue weighted by Gasteiger charge is -2.42. The van der Waals surface area contributed by atoms with Crippen LogP contribution >= 0.6 is 0 Å². The molecule has 0 N–H and O–H groups in total. The van der Waals surface area contributed by atoms with Crippen molar-refractivity contribution in [2.45, 2.75) is 49.5 Å². The molecular weight excluding hydrogens is 420 g/mol. The number of aryl methyl sites for hydroxylation is 1. The predicted molar refractivity (Wildman–Crippen MR) is 113 cm³/mol. The maximum atomic E-state index is 13.7.